The molecule has 224 valence electrons. The average molecular weight is 587 g/mol. The van der Waals surface area contributed by atoms with Crippen LogP contribution >= 0.6 is 0 Å². The summed E-state index contributed by atoms with van der Waals surface area (Å²) in [6.45, 7) is 4.71. The van der Waals surface area contributed by atoms with Gasteiger partial charge in [0.1, 0.15) is 6.04 Å². The zero-order valence-electron chi connectivity index (χ0n) is 23.8. The highest BCUT2D eigenvalue weighted by Crippen LogP contribution is 2.38. The number of piperidine rings is 2. The van der Waals surface area contributed by atoms with Crippen LogP contribution in [0.1, 0.15) is 69.7 Å². The summed E-state index contributed by atoms with van der Waals surface area (Å²) in [5, 5.41) is 10.4. The van der Waals surface area contributed by atoms with Crippen molar-refractivity contribution in [1.82, 2.24) is 25.3 Å². The van der Waals surface area contributed by atoms with Gasteiger partial charge in [0.15, 0.2) is 11.5 Å². The number of hydrogen-bond acceptors (Lipinski definition) is 10. The second kappa shape index (κ2) is 10.7. The van der Waals surface area contributed by atoms with Gasteiger partial charge in [-0.1, -0.05) is 0 Å². The van der Waals surface area contributed by atoms with Crippen molar-refractivity contribution >= 4 is 41.0 Å². The zero-order valence-corrected chi connectivity index (χ0v) is 23.8. The zero-order chi connectivity index (χ0) is 29.8. The van der Waals surface area contributed by atoms with Crippen LogP contribution in [-0.2, 0) is 9.59 Å². The topological polar surface area (TPSA) is 162 Å². The molecule has 5 aliphatic heterocycles. The molecule has 3 unspecified atom stereocenters. The second-order valence-electron chi connectivity index (χ2n) is 12.3. The Kier molecular flexibility index (Phi) is 6.83. The lowest BCUT2D eigenvalue weighted by Crippen LogP contribution is -2.55. The molecule has 2 bridgehead atoms. The van der Waals surface area contributed by atoms with Crippen molar-refractivity contribution in [2.75, 3.05) is 42.5 Å². The van der Waals surface area contributed by atoms with Crippen LogP contribution in [0.4, 0.5) is 11.5 Å². The van der Waals surface area contributed by atoms with Crippen molar-refractivity contribution in [3.63, 3.8) is 0 Å². The number of amides is 5. The number of aromatic nitrogens is 2. The molecule has 3 N–H and O–H groups in total. The van der Waals surface area contributed by atoms with Crippen LogP contribution in [0.2, 0.25) is 0 Å². The Morgan fingerprint density at radius 2 is 1.60 bits per heavy atom. The lowest BCUT2D eigenvalue weighted by molar-refractivity contribution is -0.136. The number of benzene rings is 1. The molecule has 7 rings (SSSR count). The fourth-order valence-electron chi connectivity index (χ4n) is 7.52. The number of nitrogens with zero attached hydrogens (tertiary/aromatic N) is 6. The Labute approximate surface area is 248 Å². The van der Waals surface area contributed by atoms with Crippen molar-refractivity contribution in [2.24, 2.45) is 11.7 Å². The first kappa shape index (κ1) is 27.4. The van der Waals surface area contributed by atoms with Crippen molar-refractivity contribution in [1.29, 1.82) is 0 Å². The molecule has 0 spiro atoms. The molecule has 5 amide bonds. The molecule has 43 heavy (non-hydrogen) atoms. The van der Waals surface area contributed by atoms with Crippen LogP contribution in [0.5, 0.6) is 0 Å². The number of anilines is 2. The molecule has 4 fully saturated rings. The van der Waals surface area contributed by atoms with E-state index in [0.717, 1.165) is 74.8 Å². The Hall–Kier alpha value is -4.39. The van der Waals surface area contributed by atoms with Crippen LogP contribution in [0.15, 0.2) is 30.3 Å². The van der Waals surface area contributed by atoms with Gasteiger partial charge < -0.3 is 15.5 Å². The first-order valence-corrected chi connectivity index (χ1v) is 15.0. The lowest BCUT2D eigenvalue weighted by Gasteiger charge is -2.44. The highest BCUT2D eigenvalue weighted by molar-refractivity contribution is 6.23. The van der Waals surface area contributed by atoms with Gasteiger partial charge in [-0.3, -0.25) is 39.1 Å². The van der Waals surface area contributed by atoms with Crippen LogP contribution in [0.25, 0.3) is 0 Å². The molecule has 13 nitrogen and oxygen atoms in total. The summed E-state index contributed by atoms with van der Waals surface area (Å²) in [6, 6.07) is 8.57. The molecule has 6 heterocycles. The number of nitrogens with two attached hydrogens (primary N) is 1. The van der Waals surface area contributed by atoms with Gasteiger partial charge in [-0.15, -0.1) is 10.2 Å². The maximum Gasteiger partial charge on any atom is 0.269 e. The monoisotopic (exact) mass is 586 g/mol. The van der Waals surface area contributed by atoms with Gasteiger partial charge in [-0.25, -0.2) is 0 Å². The number of piperazine rings is 1. The standard InChI is InChI=1S/C30H34N8O5/c31-27(40)23-5-7-25(34-33-23)36-11-9-17(10-12-36)14-35-15-19-1-2-20(16-35)37(19)18-3-4-21-22(13-18)30(43)38(29(21)42)24-6-8-26(39)32-28(24)41/h3-5,7,13,17,19-20,24H,1-2,6,8-12,14-16H2,(H2,31,40)(H,32,39,41). The van der Waals surface area contributed by atoms with Gasteiger partial charge in [0.2, 0.25) is 11.8 Å². The van der Waals surface area contributed by atoms with E-state index in [4.69, 9.17) is 5.73 Å². The molecule has 13 heteroatoms. The number of fused-ring (bicyclic) bond motifs is 3. The van der Waals surface area contributed by atoms with Gasteiger partial charge in [0, 0.05) is 56.9 Å². The van der Waals surface area contributed by atoms with Crippen LogP contribution in [-0.4, -0.2) is 100 Å². The first-order valence-electron chi connectivity index (χ1n) is 15.0. The Morgan fingerprint density at radius 3 is 2.26 bits per heavy atom. The Balaban J connectivity index is 0.975. The first-order chi connectivity index (χ1) is 20.8. The highest BCUT2D eigenvalue weighted by atomic mass is 16.2. The van der Waals surface area contributed by atoms with Gasteiger partial charge in [0.05, 0.1) is 11.1 Å². The van der Waals surface area contributed by atoms with E-state index in [9.17, 15) is 24.0 Å². The van der Waals surface area contributed by atoms with E-state index in [2.05, 4.69) is 30.2 Å². The third kappa shape index (κ3) is 4.90. The summed E-state index contributed by atoms with van der Waals surface area (Å²) in [5.41, 5.74) is 7.02. The molecular weight excluding hydrogens is 552 g/mol. The largest absolute Gasteiger partial charge is 0.364 e. The summed E-state index contributed by atoms with van der Waals surface area (Å²) in [7, 11) is 0. The lowest BCUT2D eigenvalue weighted by atomic mass is 9.95. The molecule has 4 saturated heterocycles. The molecule has 2 aromatic rings. The van der Waals surface area contributed by atoms with Crippen molar-refractivity contribution in [3.8, 4) is 0 Å². The van der Waals surface area contributed by atoms with E-state index >= 15 is 0 Å². The third-order valence-electron chi connectivity index (χ3n) is 9.64. The number of hydrogen-bond donors (Lipinski definition) is 2. The third-order valence-corrected chi connectivity index (χ3v) is 9.64. The summed E-state index contributed by atoms with van der Waals surface area (Å²) in [6.07, 6.45) is 4.51. The number of rotatable bonds is 6. The van der Waals surface area contributed by atoms with Crippen molar-refractivity contribution < 1.29 is 24.0 Å². The van der Waals surface area contributed by atoms with E-state index in [-0.39, 0.29) is 24.4 Å². The minimum Gasteiger partial charge on any atom is -0.364 e. The summed E-state index contributed by atoms with van der Waals surface area (Å²) in [5.74, 6) is -1.16. The van der Waals surface area contributed by atoms with E-state index in [1.54, 1.807) is 18.2 Å². The average Bonchev–Trinajstić information content (AvgIpc) is 3.41. The molecule has 1 aromatic heterocycles. The molecule has 0 aliphatic carbocycles. The number of likely N-dealkylation sites (tertiary alicyclic amines) is 1. The van der Waals surface area contributed by atoms with Gasteiger partial charge in [0.25, 0.3) is 17.7 Å². The molecular formula is C30H34N8O5. The SMILES string of the molecule is NC(=O)c1ccc(N2CCC(CN3CC4CCC(C3)N4c3ccc4c(c3)C(=O)N(C3CCC(=O)NC3=O)C4=O)CC2)nn1. The predicted octanol–water partition coefficient (Wildman–Crippen LogP) is 0.546. The Morgan fingerprint density at radius 1 is 0.884 bits per heavy atom. The number of primary amides is 1. The normalized spacial score (nSPS) is 26.2. The summed E-state index contributed by atoms with van der Waals surface area (Å²) < 4.78 is 0. The maximum atomic E-state index is 13.4. The minimum atomic E-state index is -0.963. The van der Waals surface area contributed by atoms with E-state index in [0.29, 0.717) is 29.1 Å². The smallest absolute Gasteiger partial charge is 0.269 e. The number of nitrogens with one attached hydrogen (secondary N) is 1. The van der Waals surface area contributed by atoms with E-state index < -0.39 is 29.7 Å². The summed E-state index contributed by atoms with van der Waals surface area (Å²) in [4.78, 5) is 70.0. The number of carbonyl (C=O) groups excluding carboxylic acids is 5. The van der Waals surface area contributed by atoms with Crippen molar-refractivity contribution in [3.05, 3.63) is 47.2 Å². The molecule has 0 radical (unpaired) electrons. The second-order valence-corrected chi connectivity index (χ2v) is 12.3. The summed E-state index contributed by atoms with van der Waals surface area (Å²) >= 11 is 0. The van der Waals surface area contributed by atoms with Crippen LogP contribution in [0.3, 0.4) is 0 Å². The molecule has 1 aromatic carbocycles. The molecule has 0 saturated carbocycles. The van der Waals surface area contributed by atoms with E-state index in [1.165, 1.54) is 0 Å². The van der Waals surface area contributed by atoms with Crippen LogP contribution < -0.4 is 20.9 Å². The van der Waals surface area contributed by atoms with Gasteiger partial charge in [-0.05, 0) is 68.4 Å². The highest BCUT2D eigenvalue weighted by Gasteiger charge is 2.46. The Bertz CT molecular complexity index is 1490. The van der Waals surface area contributed by atoms with Gasteiger partial charge >= 0.3 is 0 Å². The van der Waals surface area contributed by atoms with Crippen molar-refractivity contribution in [2.45, 2.75) is 56.7 Å². The predicted molar refractivity (Wildman–Crippen MR) is 154 cm³/mol. The van der Waals surface area contributed by atoms with Crippen LogP contribution in [0, 0.1) is 5.92 Å². The van der Waals surface area contributed by atoms with Gasteiger partial charge in [-0.2, -0.15) is 0 Å². The molecule has 3 atom stereocenters. The van der Waals surface area contributed by atoms with E-state index in [1.807, 2.05) is 12.1 Å². The fourth-order valence-corrected chi connectivity index (χ4v) is 7.52. The quantitative estimate of drug-likeness (QED) is 0.457. The fraction of sp³-hybridized carbons (Fsp3) is 0.500. The molecule has 5 aliphatic rings. The minimum absolute atomic E-state index is 0.0999. The maximum absolute atomic E-state index is 13.4. The number of imide groups is 2. The number of carbonyl (C=O) groups is 5.